The fraction of sp³-hybridized carbons (Fsp3) is 0.714. The number of carbonyl (C=O) groups excluding carboxylic acids is 2. The molecule has 106 valence electrons. The number of carbonyl (C=O) groups is 2. The van der Waals surface area contributed by atoms with Gasteiger partial charge in [0.2, 0.25) is 0 Å². The molecule has 0 aromatic carbocycles. The van der Waals surface area contributed by atoms with Gasteiger partial charge in [-0.3, -0.25) is 4.79 Å². The van der Waals surface area contributed by atoms with Crippen molar-refractivity contribution in [2.24, 2.45) is 5.92 Å². The van der Waals surface area contributed by atoms with Crippen LogP contribution in [-0.2, 0) is 14.3 Å². The van der Waals surface area contributed by atoms with Crippen molar-refractivity contribution in [2.45, 2.75) is 38.5 Å². The minimum Gasteiger partial charge on any atom is -0.453 e. The standard InChI is InChI=1S/C14H21NO4/c1-18-14(17)15-9-5-6-11(10-15)13(16)19-12-7-3-2-4-8-12/h7,11H,2-6,8-10H2,1H3. The third-order valence-electron chi connectivity index (χ3n) is 3.67. The summed E-state index contributed by atoms with van der Waals surface area (Å²) in [4.78, 5) is 25.1. The minimum absolute atomic E-state index is 0.207. The summed E-state index contributed by atoms with van der Waals surface area (Å²) in [5.74, 6) is 0.365. The molecule has 1 unspecified atom stereocenters. The normalized spacial score (nSPS) is 23.5. The second-order valence-electron chi connectivity index (χ2n) is 5.09. The Bertz CT molecular complexity index is 378. The predicted molar refractivity (Wildman–Crippen MR) is 69.3 cm³/mol. The third kappa shape index (κ3) is 3.72. The molecular weight excluding hydrogens is 246 g/mol. The van der Waals surface area contributed by atoms with E-state index in [1.54, 1.807) is 4.90 Å². The molecular formula is C14H21NO4. The van der Waals surface area contributed by atoms with E-state index in [1.165, 1.54) is 13.5 Å². The summed E-state index contributed by atoms with van der Waals surface area (Å²) < 4.78 is 10.1. The molecule has 0 N–H and O–H groups in total. The van der Waals surface area contributed by atoms with E-state index < -0.39 is 0 Å². The zero-order valence-electron chi connectivity index (χ0n) is 11.4. The van der Waals surface area contributed by atoms with Crippen molar-refractivity contribution in [3.05, 3.63) is 11.8 Å². The monoisotopic (exact) mass is 267 g/mol. The fourth-order valence-electron chi connectivity index (χ4n) is 2.58. The van der Waals surface area contributed by atoms with Gasteiger partial charge in [-0.1, -0.05) is 0 Å². The number of amides is 1. The number of likely N-dealkylation sites (tertiary alicyclic amines) is 1. The van der Waals surface area contributed by atoms with Gasteiger partial charge in [0, 0.05) is 19.5 Å². The molecule has 19 heavy (non-hydrogen) atoms. The van der Waals surface area contributed by atoms with Gasteiger partial charge in [0.15, 0.2) is 0 Å². The average Bonchev–Trinajstić information content (AvgIpc) is 2.47. The highest BCUT2D eigenvalue weighted by atomic mass is 16.5. The first kappa shape index (κ1) is 13.9. The van der Waals surface area contributed by atoms with Gasteiger partial charge in [-0.25, -0.2) is 4.79 Å². The van der Waals surface area contributed by atoms with E-state index in [2.05, 4.69) is 0 Å². The van der Waals surface area contributed by atoms with Crippen LogP contribution >= 0.6 is 0 Å². The highest BCUT2D eigenvalue weighted by Crippen LogP contribution is 2.23. The average molecular weight is 267 g/mol. The summed E-state index contributed by atoms with van der Waals surface area (Å²) in [6, 6.07) is 0. The van der Waals surface area contributed by atoms with Crippen LogP contribution in [0.25, 0.3) is 0 Å². The van der Waals surface area contributed by atoms with E-state index in [-0.39, 0.29) is 18.0 Å². The smallest absolute Gasteiger partial charge is 0.409 e. The van der Waals surface area contributed by atoms with Crippen molar-refractivity contribution in [3.8, 4) is 0 Å². The Labute approximate surface area is 113 Å². The number of methoxy groups -OCH3 is 1. The summed E-state index contributed by atoms with van der Waals surface area (Å²) in [6.45, 7) is 1.05. The van der Waals surface area contributed by atoms with Crippen LogP contribution < -0.4 is 0 Å². The second-order valence-corrected chi connectivity index (χ2v) is 5.09. The van der Waals surface area contributed by atoms with Crippen molar-refractivity contribution < 1.29 is 19.1 Å². The number of nitrogens with zero attached hydrogens (tertiary/aromatic N) is 1. The maximum absolute atomic E-state index is 12.1. The third-order valence-corrected chi connectivity index (χ3v) is 3.67. The number of rotatable bonds is 2. The fourth-order valence-corrected chi connectivity index (χ4v) is 2.58. The van der Waals surface area contributed by atoms with E-state index >= 15 is 0 Å². The van der Waals surface area contributed by atoms with E-state index in [4.69, 9.17) is 9.47 Å². The van der Waals surface area contributed by atoms with Crippen LogP contribution in [0, 0.1) is 5.92 Å². The van der Waals surface area contributed by atoms with E-state index in [1.807, 2.05) is 6.08 Å². The van der Waals surface area contributed by atoms with Gasteiger partial charge in [-0.15, -0.1) is 0 Å². The van der Waals surface area contributed by atoms with Gasteiger partial charge in [0.25, 0.3) is 0 Å². The molecule has 5 nitrogen and oxygen atoms in total. The molecule has 0 saturated carbocycles. The van der Waals surface area contributed by atoms with Crippen molar-refractivity contribution >= 4 is 12.1 Å². The number of hydrogen-bond acceptors (Lipinski definition) is 4. The second kappa shape index (κ2) is 6.59. The van der Waals surface area contributed by atoms with Crippen molar-refractivity contribution in [1.82, 2.24) is 4.90 Å². The van der Waals surface area contributed by atoms with Gasteiger partial charge < -0.3 is 14.4 Å². The van der Waals surface area contributed by atoms with Crippen LogP contribution in [-0.4, -0.2) is 37.2 Å². The number of ether oxygens (including phenoxy) is 2. The molecule has 0 aromatic rings. The van der Waals surface area contributed by atoms with E-state index in [0.29, 0.717) is 13.1 Å². The molecule has 1 atom stereocenters. The first-order chi connectivity index (χ1) is 9.20. The largest absolute Gasteiger partial charge is 0.453 e. The quantitative estimate of drug-likeness (QED) is 0.721. The Hall–Kier alpha value is -1.52. The van der Waals surface area contributed by atoms with Crippen LogP contribution in [0.15, 0.2) is 11.8 Å². The van der Waals surface area contributed by atoms with Gasteiger partial charge in [0.05, 0.1) is 13.0 Å². The lowest BCUT2D eigenvalue weighted by Crippen LogP contribution is -2.42. The molecule has 1 aliphatic carbocycles. The van der Waals surface area contributed by atoms with Crippen molar-refractivity contribution in [3.63, 3.8) is 0 Å². The molecule has 1 aliphatic heterocycles. The Kier molecular flexibility index (Phi) is 4.82. The summed E-state index contributed by atoms with van der Waals surface area (Å²) in [6.07, 6.45) is 7.31. The lowest BCUT2D eigenvalue weighted by atomic mass is 9.98. The van der Waals surface area contributed by atoms with Crippen molar-refractivity contribution in [2.75, 3.05) is 20.2 Å². The lowest BCUT2D eigenvalue weighted by molar-refractivity contribution is -0.146. The Balaban J connectivity index is 1.88. The maximum atomic E-state index is 12.1. The molecule has 0 spiro atoms. The highest BCUT2D eigenvalue weighted by molar-refractivity contribution is 5.75. The molecule has 2 rings (SSSR count). The predicted octanol–water partition coefficient (Wildman–Crippen LogP) is 2.47. The molecule has 0 bridgehead atoms. The zero-order chi connectivity index (χ0) is 13.7. The van der Waals surface area contributed by atoms with Crippen LogP contribution in [0.4, 0.5) is 4.79 Å². The Morgan fingerprint density at radius 3 is 2.84 bits per heavy atom. The first-order valence-electron chi connectivity index (χ1n) is 6.94. The zero-order valence-corrected chi connectivity index (χ0v) is 11.4. The molecule has 0 aromatic heterocycles. The van der Waals surface area contributed by atoms with Crippen LogP contribution in [0.1, 0.15) is 38.5 Å². The molecule has 1 saturated heterocycles. The molecule has 5 heteroatoms. The lowest BCUT2D eigenvalue weighted by Gasteiger charge is -2.30. The summed E-state index contributed by atoms with van der Waals surface area (Å²) in [7, 11) is 1.36. The summed E-state index contributed by atoms with van der Waals surface area (Å²) >= 11 is 0. The Morgan fingerprint density at radius 2 is 2.16 bits per heavy atom. The molecule has 1 amide bonds. The molecule has 1 heterocycles. The van der Waals surface area contributed by atoms with Gasteiger partial charge >= 0.3 is 12.1 Å². The number of hydrogen-bond donors (Lipinski definition) is 0. The van der Waals surface area contributed by atoms with E-state index in [0.717, 1.165) is 37.9 Å². The molecule has 1 fully saturated rings. The number of allylic oxidation sites excluding steroid dienone is 2. The van der Waals surface area contributed by atoms with Crippen LogP contribution in [0.3, 0.4) is 0 Å². The van der Waals surface area contributed by atoms with Crippen molar-refractivity contribution in [1.29, 1.82) is 0 Å². The molecule has 2 aliphatic rings. The first-order valence-corrected chi connectivity index (χ1v) is 6.94. The highest BCUT2D eigenvalue weighted by Gasteiger charge is 2.30. The van der Waals surface area contributed by atoms with Crippen LogP contribution in [0.2, 0.25) is 0 Å². The summed E-state index contributed by atoms with van der Waals surface area (Å²) in [5, 5.41) is 0. The molecule has 0 radical (unpaired) electrons. The number of esters is 1. The van der Waals surface area contributed by atoms with Gasteiger partial charge in [0.1, 0.15) is 5.76 Å². The van der Waals surface area contributed by atoms with Crippen LogP contribution in [0.5, 0.6) is 0 Å². The van der Waals surface area contributed by atoms with Gasteiger partial charge in [-0.05, 0) is 38.2 Å². The van der Waals surface area contributed by atoms with Gasteiger partial charge in [-0.2, -0.15) is 0 Å². The minimum atomic E-state index is -0.366. The summed E-state index contributed by atoms with van der Waals surface area (Å²) in [5.41, 5.74) is 0. The SMILES string of the molecule is COC(=O)N1CCCC(C(=O)OC2=CCCCC2)C1. The Morgan fingerprint density at radius 1 is 1.32 bits per heavy atom. The maximum Gasteiger partial charge on any atom is 0.409 e. The van der Waals surface area contributed by atoms with E-state index in [9.17, 15) is 9.59 Å². The number of piperidine rings is 1. The topological polar surface area (TPSA) is 55.8 Å².